The summed E-state index contributed by atoms with van der Waals surface area (Å²) in [6.45, 7) is 5.99. The van der Waals surface area contributed by atoms with Crippen molar-refractivity contribution in [3.8, 4) is 6.07 Å². The summed E-state index contributed by atoms with van der Waals surface area (Å²) in [5.74, 6) is 0. The highest BCUT2D eigenvalue weighted by Crippen LogP contribution is 2.16. The van der Waals surface area contributed by atoms with Gasteiger partial charge in [0.05, 0.1) is 29.7 Å². The highest BCUT2D eigenvalue weighted by atomic mass is 32.2. The number of hydrogen-bond acceptors (Lipinski definition) is 5. The van der Waals surface area contributed by atoms with Gasteiger partial charge in [0, 0.05) is 26.3 Å². The molecule has 0 heterocycles. The Bertz CT molecular complexity index is 569. The molecule has 0 saturated heterocycles. The van der Waals surface area contributed by atoms with Crippen LogP contribution in [0, 0.1) is 11.3 Å². The summed E-state index contributed by atoms with van der Waals surface area (Å²) < 4.78 is 37.1. The minimum absolute atomic E-state index is 0.166. The molecule has 0 aromatic heterocycles. The van der Waals surface area contributed by atoms with Crippen LogP contribution >= 0.6 is 0 Å². The minimum atomic E-state index is -3.62. The maximum atomic E-state index is 12.7. The predicted molar refractivity (Wildman–Crippen MR) is 82.9 cm³/mol. The topological polar surface area (TPSA) is 79.6 Å². The van der Waals surface area contributed by atoms with Gasteiger partial charge in [0.25, 0.3) is 0 Å². The number of nitrogens with zero attached hydrogens (tertiary/aromatic N) is 2. The summed E-state index contributed by atoms with van der Waals surface area (Å²) in [4.78, 5) is 0.166. The molecule has 1 aromatic rings. The molecule has 22 heavy (non-hydrogen) atoms. The Kier molecular flexibility index (Phi) is 8.06. The van der Waals surface area contributed by atoms with Gasteiger partial charge in [-0.15, -0.1) is 0 Å². The normalized spacial score (nSPS) is 11.5. The number of rotatable bonds is 10. The average molecular weight is 326 g/mol. The summed E-state index contributed by atoms with van der Waals surface area (Å²) in [6, 6.07) is 7.86. The molecule has 0 unspecified atom stereocenters. The second-order valence-corrected chi connectivity index (χ2v) is 6.37. The molecule has 0 fully saturated rings. The molecule has 0 N–H and O–H groups in total. The smallest absolute Gasteiger partial charge is 0.243 e. The monoisotopic (exact) mass is 326 g/mol. The number of benzene rings is 1. The molecule has 0 aliphatic carbocycles. The summed E-state index contributed by atoms with van der Waals surface area (Å²) in [5, 5.41) is 8.78. The van der Waals surface area contributed by atoms with Gasteiger partial charge < -0.3 is 9.47 Å². The van der Waals surface area contributed by atoms with Crippen molar-refractivity contribution in [2.75, 3.05) is 39.5 Å². The Morgan fingerprint density at radius 3 is 1.95 bits per heavy atom. The van der Waals surface area contributed by atoms with Gasteiger partial charge in [0.15, 0.2) is 0 Å². The quantitative estimate of drug-likeness (QED) is 0.610. The molecule has 0 radical (unpaired) electrons. The van der Waals surface area contributed by atoms with Crippen LogP contribution in [0.15, 0.2) is 29.2 Å². The standard InChI is InChI=1S/C15H22N2O4S/c1-3-20-11-9-17(10-12-21-4-2)22(18,19)15-7-5-14(13-16)6-8-15/h5-8H,3-4,9-12H2,1-2H3. The van der Waals surface area contributed by atoms with Crippen molar-refractivity contribution in [1.29, 1.82) is 5.26 Å². The van der Waals surface area contributed by atoms with E-state index in [0.29, 0.717) is 32.0 Å². The van der Waals surface area contributed by atoms with Crippen molar-refractivity contribution in [3.05, 3.63) is 29.8 Å². The Hall–Kier alpha value is -1.46. The first-order chi connectivity index (χ1) is 10.6. The summed E-state index contributed by atoms with van der Waals surface area (Å²) >= 11 is 0. The van der Waals surface area contributed by atoms with E-state index in [1.807, 2.05) is 19.9 Å². The summed E-state index contributed by atoms with van der Waals surface area (Å²) in [6.07, 6.45) is 0. The van der Waals surface area contributed by atoms with E-state index in [4.69, 9.17) is 14.7 Å². The van der Waals surface area contributed by atoms with Gasteiger partial charge in [-0.1, -0.05) is 0 Å². The lowest BCUT2D eigenvalue weighted by Crippen LogP contribution is -2.36. The number of nitriles is 1. The van der Waals surface area contributed by atoms with Crippen molar-refractivity contribution >= 4 is 10.0 Å². The van der Waals surface area contributed by atoms with Gasteiger partial charge >= 0.3 is 0 Å². The van der Waals surface area contributed by atoms with Crippen molar-refractivity contribution in [2.24, 2.45) is 0 Å². The van der Waals surface area contributed by atoms with Crippen molar-refractivity contribution in [3.63, 3.8) is 0 Å². The number of ether oxygens (including phenoxy) is 2. The second kappa shape index (κ2) is 9.54. The van der Waals surface area contributed by atoms with Crippen LogP contribution in [0.5, 0.6) is 0 Å². The third kappa shape index (κ3) is 5.39. The van der Waals surface area contributed by atoms with Crippen LogP contribution in [0.1, 0.15) is 19.4 Å². The van der Waals surface area contributed by atoms with Crippen LogP contribution in [-0.4, -0.2) is 52.2 Å². The first-order valence-corrected chi connectivity index (χ1v) is 8.66. The highest BCUT2D eigenvalue weighted by Gasteiger charge is 2.23. The molecule has 122 valence electrons. The molecular formula is C15H22N2O4S. The average Bonchev–Trinajstić information content (AvgIpc) is 2.53. The van der Waals surface area contributed by atoms with Gasteiger partial charge in [-0.25, -0.2) is 8.42 Å². The Balaban J connectivity index is 2.89. The Morgan fingerprint density at radius 1 is 1.05 bits per heavy atom. The van der Waals surface area contributed by atoms with Gasteiger partial charge in [0.1, 0.15) is 0 Å². The van der Waals surface area contributed by atoms with Gasteiger partial charge in [0.2, 0.25) is 10.0 Å². The van der Waals surface area contributed by atoms with E-state index in [-0.39, 0.29) is 18.0 Å². The van der Waals surface area contributed by atoms with Crippen LogP contribution in [0.25, 0.3) is 0 Å². The lowest BCUT2D eigenvalue weighted by Gasteiger charge is -2.22. The van der Waals surface area contributed by atoms with Crippen LogP contribution < -0.4 is 0 Å². The third-order valence-electron chi connectivity index (χ3n) is 3.00. The Morgan fingerprint density at radius 2 is 1.55 bits per heavy atom. The van der Waals surface area contributed by atoms with E-state index in [1.54, 1.807) is 0 Å². The van der Waals surface area contributed by atoms with E-state index in [2.05, 4.69) is 0 Å². The largest absolute Gasteiger partial charge is 0.380 e. The molecule has 6 nitrogen and oxygen atoms in total. The third-order valence-corrected chi connectivity index (χ3v) is 4.91. The molecule has 7 heteroatoms. The maximum absolute atomic E-state index is 12.7. The molecule has 1 rings (SSSR count). The predicted octanol–water partition coefficient (Wildman–Crippen LogP) is 1.62. The minimum Gasteiger partial charge on any atom is -0.380 e. The lowest BCUT2D eigenvalue weighted by molar-refractivity contribution is 0.110. The highest BCUT2D eigenvalue weighted by molar-refractivity contribution is 7.89. The summed E-state index contributed by atoms with van der Waals surface area (Å²) in [7, 11) is -3.62. The van der Waals surface area contributed by atoms with Gasteiger partial charge in [-0.3, -0.25) is 0 Å². The fourth-order valence-electron chi connectivity index (χ4n) is 1.82. The molecular weight excluding hydrogens is 304 g/mol. The van der Waals surface area contributed by atoms with Crippen molar-refractivity contribution < 1.29 is 17.9 Å². The van der Waals surface area contributed by atoms with E-state index in [1.165, 1.54) is 28.6 Å². The van der Waals surface area contributed by atoms with Crippen LogP contribution in [0.3, 0.4) is 0 Å². The summed E-state index contributed by atoms with van der Waals surface area (Å²) in [5.41, 5.74) is 0.425. The number of hydrogen-bond donors (Lipinski definition) is 0. The lowest BCUT2D eigenvalue weighted by atomic mass is 10.2. The Labute approximate surface area is 132 Å². The molecule has 0 spiro atoms. The van der Waals surface area contributed by atoms with Crippen LogP contribution in [0.2, 0.25) is 0 Å². The zero-order chi connectivity index (χ0) is 16.4. The molecule has 0 atom stereocenters. The molecule has 0 saturated carbocycles. The zero-order valence-electron chi connectivity index (χ0n) is 13.0. The van der Waals surface area contributed by atoms with E-state index in [9.17, 15) is 8.42 Å². The SMILES string of the molecule is CCOCCN(CCOCC)S(=O)(=O)c1ccc(C#N)cc1. The maximum Gasteiger partial charge on any atom is 0.243 e. The van der Waals surface area contributed by atoms with E-state index in [0.717, 1.165) is 0 Å². The van der Waals surface area contributed by atoms with Crippen LogP contribution in [-0.2, 0) is 19.5 Å². The van der Waals surface area contributed by atoms with Crippen molar-refractivity contribution in [2.45, 2.75) is 18.7 Å². The molecule has 0 bridgehead atoms. The molecule has 0 aliphatic rings. The fraction of sp³-hybridized carbons (Fsp3) is 0.533. The first-order valence-electron chi connectivity index (χ1n) is 7.22. The molecule has 0 aliphatic heterocycles. The number of sulfonamides is 1. The first kappa shape index (κ1) is 18.6. The zero-order valence-corrected chi connectivity index (χ0v) is 13.8. The molecule has 0 amide bonds. The molecule has 1 aromatic carbocycles. The van der Waals surface area contributed by atoms with Crippen LogP contribution in [0.4, 0.5) is 0 Å². The van der Waals surface area contributed by atoms with Gasteiger partial charge in [-0.05, 0) is 38.1 Å². The van der Waals surface area contributed by atoms with Gasteiger partial charge in [-0.2, -0.15) is 9.57 Å². The fourth-order valence-corrected chi connectivity index (χ4v) is 3.23. The van der Waals surface area contributed by atoms with Crippen molar-refractivity contribution in [1.82, 2.24) is 4.31 Å². The van der Waals surface area contributed by atoms with E-state index < -0.39 is 10.0 Å². The van der Waals surface area contributed by atoms with E-state index >= 15 is 0 Å². The second-order valence-electron chi connectivity index (χ2n) is 4.43.